The van der Waals surface area contributed by atoms with E-state index in [1.54, 1.807) is 6.07 Å². The third kappa shape index (κ3) is 3.14. The molecular weight excluding hydrogens is 305 g/mol. The van der Waals surface area contributed by atoms with Crippen LogP contribution in [0.5, 0.6) is 0 Å². The van der Waals surface area contributed by atoms with Crippen molar-refractivity contribution in [2.45, 2.75) is 24.6 Å². The summed E-state index contributed by atoms with van der Waals surface area (Å²) in [6, 6.07) is 4.88. The molecule has 0 saturated carbocycles. The lowest BCUT2D eigenvalue weighted by molar-refractivity contribution is 0.533. The van der Waals surface area contributed by atoms with Crippen molar-refractivity contribution in [3.8, 4) is 0 Å². The summed E-state index contributed by atoms with van der Waals surface area (Å²) in [7, 11) is -0.887. The molecule has 1 N–H and O–H groups in total. The van der Waals surface area contributed by atoms with Crippen molar-refractivity contribution in [2.75, 3.05) is 12.3 Å². The van der Waals surface area contributed by atoms with Crippen molar-refractivity contribution in [1.82, 2.24) is 5.32 Å². The van der Waals surface area contributed by atoms with Crippen LogP contribution in [0, 0.1) is 5.82 Å². The SMILES string of the molecule is CC1CCNC(c2ccc(Br)cc2F)CS1=O. The van der Waals surface area contributed by atoms with Gasteiger partial charge < -0.3 is 5.32 Å². The van der Waals surface area contributed by atoms with Crippen molar-refractivity contribution in [1.29, 1.82) is 0 Å². The number of halogens is 2. The Bertz CT molecular complexity index is 441. The Labute approximate surface area is 112 Å². The van der Waals surface area contributed by atoms with Crippen molar-refractivity contribution >= 4 is 26.7 Å². The van der Waals surface area contributed by atoms with Crippen LogP contribution in [0.4, 0.5) is 4.39 Å². The Hall–Kier alpha value is -0.260. The van der Waals surface area contributed by atoms with Crippen LogP contribution in [0.3, 0.4) is 0 Å². The van der Waals surface area contributed by atoms with Crippen LogP contribution in [0.1, 0.15) is 24.9 Å². The van der Waals surface area contributed by atoms with E-state index in [0.29, 0.717) is 11.3 Å². The van der Waals surface area contributed by atoms with Gasteiger partial charge in [-0.2, -0.15) is 0 Å². The van der Waals surface area contributed by atoms with Crippen LogP contribution in [0.2, 0.25) is 0 Å². The molecule has 17 heavy (non-hydrogen) atoms. The highest BCUT2D eigenvalue weighted by molar-refractivity contribution is 9.10. The molecule has 1 aromatic rings. The Morgan fingerprint density at radius 3 is 3.00 bits per heavy atom. The Balaban J connectivity index is 2.24. The molecule has 0 aromatic heterocycles. The van der Waals surface area contributed by atoms with Crippen LogP contribution < -0.4 is 5.32 Å². The topological polar surface area (TPSA) is 29.1 Å². The number of hydrogen-bond donors (Lipinski definition) is 1. The van der Waals surface area contributed by atoms with E-state index < -0.39 is 10.8 Å². The van der Waals surface area contributed by atoms with E-state index in [-0.39, 0.29) is 17.1 Å². The molecule has 0 bridgehead atoms. The highest BCUT2D eigenvalue weighted by Crippen LogP contribution is 2.24. The number of rotatable bonds is 1. The van der Waals surface area contributed by atoms with Crippen molar-refractivity contribution in [3.63, 3.8) is 0 Å². The Morgan fingerprint density at radius 1 is 1.53 bits per heavy atom. The van der Waals surface area contributed by atoms with Gasteiger partial charge in [-0.15, -0.1) is 0 Å². The van der Waals surface area contributed by atoms with Gasteiger partial charge >= 0.3 is 0 Å². The van der Waals surface area contributed by atoms with Crippen LogP contribution in [-0.4, -0.2) is 21.8 Å². The fraction of sp³-hybridized carbons (Fsp3) is 0.500. The minimum Gasteiger partial charge on any atom is -0.309 e. The standard InChI is InChI=1S/C12H15BrFNOS/c1-8-4-5-15-12(7-17(8)16)10-3-2-9(13)6-11(10)14/h2-3,6,8,12,15H,4-5,7H2,1H3. The van der Waals surface area contributed by atoms with E-state index in [4.69, 9.17) is 0 Å². The minimum absolute atomic E-state index is 0.145. The quantitative estimate of drug-likeness (QED) is 0.862. The second-order valence-corrected chi connectivity index (χ2v) is 7.13. The molecule has 1 aliphatic heterocycles. The van der Waals surface area contributed by atoms with Crippen LogP contribution in [0.25, 0.3) is 0 Å². The number of hydrogen-bond acceptors (Lipinski definition) is 2. The molecule has 2 nitrogen and oxygen atoms in total. The zero-order chi connectivity index (χ0) is 12.4. The molecule has 1 aromatic carbocycles. The van der Waals surface area contributed by atoms with Gasteiger partial charge in [0.15, 0.2) is 0 Å². The van der Waals surface area contributed by atoms with Gasteiger partial charge in [0.25, 0.3) is 0 Å². The molecule has 94 valence electrons. The van der Waals surface area contributed by atoms with Crippen LogP contribution in [0.15, 0.2) is 22.7 Å². The molecule has 1 aliphatic rings. The molecule has 1 heterocycles. The van der Waals surface area contributed by atoms with Gasteiger partial charge in [-0.1, -0.05) is 28.9 Å². The summed E-state index contributed by atoms with van der Waals surface area (Å²) in [4.78, 5) is 0. The lowest BCUT2D eigenvalue weighted by Gasteiger charge is -2.16. The molecule has 1 fully saturated rings. The first kappa shape index (κ1) is 13.2. The van der Waals surface area contributed by atoms with E-state index in [2.05, 4.69) is 21.2 Å². The monoisotopic (exact) mass is 319 g/mol. The molecule has 0 radical (unpaired) electrons. The Morgan fingerprint density at radius 2 is 2.29 bits per heavy atom. The molecule has 2 rings (SSSR count). The smallest absolute Gasteiger partial charge is 0.129 e. The van der Waals surface area contributed by atoms with E-state index in [1.807, 2.05) is 13.0 Å². The van der Waals surface area contributed by atoms with Gasteiger partial charge in [-0.25, -0.2) is 4.39 Å². The van der Waals surface area contributed by atoms with Gasteiger partial charge in [-0.3, -0.25) is 4.21 Å². The summed E-state index contributed by atoms with van der Waals surface area (Å²) < 4.78 is 26.5. The minimum atomic E-state index is -0.887. The maximum Gasteiger partial charge on any atom is 0.129 e. The van der Waals surface area contributed by atoms with Gasteiger partial charge in [-0.05, 0) is 25.1 Å². The average Bonchev–Trinajstić information content (AvgIpc) is 2.42. The maximum atomic E-state index is 13.8. The first-order valence-corrected chi connectivity index (χ1v) is 7.81. The molecule has 0 spiro atoms. The van der Waals surface area contributed by atoms with Gasteiger partial charge in [0.2, 0.25) is 0 Å². The van der Waals surface area contributed by atoms with E-state index in [1.165, 1.54) is 6.07 Å². The average molecular weight is 320 g/mol. The molecular formula is C12H15BrFNOS. The van der Waals surface area contributed by atoms with E-state index in [0.717, 1.165) is 17.4 Å². The highest BCUT2D eigenvalue weighted by Gasteiger charge is 2.24. The van der Waals surface area contributed by atoms with Crippen LogP contribution in [-0.2, 0) is 10.8 Å². The van der Waals surface area contributed by atoms with Gasteiger partial charge in [0.1, 0.15) is 5.82 Å². The summed E-state index contributed by atoms with van der Waals surface area (Å²) in [6.45, 7) is 2.77. The third-order valence-corrected chi connectivity index (χ3v) is 5.35. The molecule has 1 saturated heterocycles. The maximum absolute atomic E-state index is 13.8. The second-order valence-electron chi connectivity index (χ2n) is 4.32. The molecule has 0 aliphatic carbocycles. The lowest BCUT2D eigenvalue weighted by Crippen LogP contribution is -2.24. The van der Waals surface area contributed by atoms with E-state index >= 15 is 0 Å². The van der Waals surface area contributed by atoms with Crippen molar-refractivity contribution < 1.29 is 8.60 Å². The summed E-state index contributed by atoms with van der Waals surface area (Å²) in [5.74, 6) is 0.239. The molecule has 3 unspecified atom stereocenters. The first-order valence-electron chi connectivity index (χ1n) is 5.63. The van der Waals surface area contributed by atoms with Gasteiger partial charge in [0.05, 0.1) is 0 Å². The van der Waals surface area contributed by atoms with Gasteiger partial charge in [0, 0.05) is 37.9 Å². The normalized spacial score (nSPS) is 29.9. The zero-order valence-electron chi connectivity index (χ0n) is 9.58. The largest absolute Gasteiger partial charge is 0.309 e. The Kier molecular flexibility index (Phi) is 4.33. The predicted molar refractivity (Wildman–Crippen MR) is 71.9 cm³/mol. The summed E-state index contributed by atoms with van der Waals surface area (Å²) in [5, 5.41) is 3.46. The second kappa shape index (κ2) is 5.59. The summed E-state index contributed by atoms with van der Waals surface area (Å²) in [6.07, 6.45) is 0.876. The fourth-order valence-corrected chi connectivity index (χ4v) is 3.63. The molecule has 5 heteroatoms. The predicted octanol–water partition coefficient (Wildman–Crippen LogP) is 2.76. The third-order valence-electron chi connectivity index (χ3n) is 3.06. The first-order chi connectivity index (χ1) is 8.08. The number of nitrogens with one attached hydrogen (secondary N) is 1. The summed E-state index contributed by atoms with van der Waals surface area (Å²) in [5.41, 5.74) is 0.607. The van der Waals surface area contributed by atoms with Crippen molar-refractivity contribution in [3.05, 3.63) is 34.1 Å². The molecule has 3 atom stereocenters. The lowest BCUT2D eigenvalue weighted by atomic mass is 10.1. The number of benzene rings is 1. The zero-order valence-corrected chi connectivity index (χ0v) is 12.0. The molecule has 0 amide bonds. The van der Waals surface area contributed by atoms with Crippen molar-refractivity contribution in [2.24, 2.45) is 0 Å². The van der Waals surface area contributed by atoms with E-state index in [9.17, 15) is 8.60 Å². The highest BCUT2D eigenvalue weighted by atomic mass is 79.9. The van der Waals surface area contributed by atoms with Crippen LogP contribution >= 0.6 is 15.9 Å². The summed E-state index contributed by atoms with van der Waals surface area (Å²) >= 11 is 3.24. The fourth-order valence-electron chi connectivity index (χ4n) is 1.96.